The molecule has 5 nitrogen and oxygen atoms in total. The highest BCUT2D eigenvalue weighted by atomic mass is 15.5. The van der Waals surface area contributed by atoms with E-state index in [1.807, 2.05) is 4.68 Å². The van der Waals surface area contributed by atoms with E-state index in [4.69, 9.17) is 0 Å². The smallest absolute Gasteiger partial charge is 0.170 e. The number of hydrogen-bond donors (Lipinski definition) is 1. The van der Waals surface area contributed by atoms with Gasteiger partial charge in [0.1, 0.15) is 0 Å². The quantitative estimate of drug-likeness (QED) is 0.878. The molecule has 0 fully saturated rings. The third-order valence-electron chi connectivity index (χ3n) is 3.39. The highest BCUT2D eigenvalue weighted by molar-refractivity contribution is 5.42. The van der Waals surface area contributed by atoms with E-state index in [2.05, 4.69) is 46.0 Å². The molecule has 0 unspecified atom stereocenters. The second-order valence-corrected chi connectivity index (χ2v) is 4.59. The Kier molecular flexibility index (Phi) is 3.06. The summed E-state index contributed by atoms with van der Waals surface area (Å²) in [6.45, 7) is 3.68. The van der Waals surface area contributed by atoms with Crippen LogP contribution in [0.4, 0.5) is 0 Å². The molecule has 0 bridgehead atoms. The normalized spacial score (nSPS) is 13.8. The van der Waals surface area contributed by atoms with Crippen molar-refractivity contribution in [3.63, 3.8) is 0 Å². The molecule has 0 spiro atoms. The lowest BCUT2D eigenvalue weighted by molar-refractivity contribution is 0.663. The van der Waals surface area contributed by atoms with Crippen LogP contribution in [-0.4, -0.2) is 26.8 Å². The van der Waals surface area contributed by atoms with Gasteiger partial charge < -0.3 is 5.32 Å². The molecule has 1 N–H and O–H groups in total. The van der Waals surface area contributed by atoms with Crippen LogP contribution >= 0.6 is 0 Å². The number of tetrazole rings is 1. The van der Waals surface area contributed by atoms with Crippen molar-refractivity contribution in [1.29, 1.82) is 0 Å². The Balaban J connectivity index is 1.92. The number of nitrogens with one attached hydrogen (secondary N) is 1. The maximum atomic E-state index is 4.08. The van der Waals surface area contributed by atoms with E-state index < -0.39 is 0 Å². The molecule has 0 atom stereocenters. The van der Waals surface area contributed by atoms with Crippen LogP contribution in [0.3, 0.4) is 0 Å². The first kappa shape index (κ1) is 11.3. The molecule has 1 aromatic heterocycles. The zero-order chi connectivity index (χ0) is 12.4. The Morgan fingerprint density at radius 1 is 1.28 bits per heavy atom. The van der Waals surface area contributed by atoms with Gasteiger partial charge in [0.05, 0.1) is 12.2 Å². The fraction of sp³-hybridized carbons (Fsp3) is 0.462. The van der Waals surface area contributed by atoms with E-state index in [1.54, 1.807) is 0 Å². The molecule has 0 saturated heterocycles. The summed E-state index contributed by atoms with van der Waals surface area (Å²) in [6, 6.07) is 6.53. The summed E-state index contributed by atoms with van der Waals surface area (Å²) < 4.78 is 1.82. The predicted octanol–water partition coefficient (Wildman–Crippen LogP) is 1.26. The maximum absolute atomic E-state index is 4.08. The number of nitrogens with zero attached hydrogens (tertiary/aromatic N) is 4. The molecule has 1 aliphatic carbocycles. The van der Waals surface area contributed by atoms with E-state index in [0.717, 1.165) is 18.1 Å². The van der Waals surface area contributed by atoms with Gasteiger partial charge in [0.25, 0.3) is 0 Å². The van der Waals surface area contributed by atoms with E-state index >= 15 is 0 Å². The van der Waals surface area contributed by atoms with Gasteiger partial charge in [0.15, 0.2) is 5.82 Å². The van der Waals surface area contributed by atoms with Crippen molar-refractivity contribution in [2.75, 3.05) is 6.54 Å². The number of aryl methyl sites for hydroxylation is 2. The molecule has 2 aromatic rings. The summed E-state index contributed by atoms with van der Waals surface area (Å²) in [5, 5.41) is 15.2. The van der Waals surface area contributed by atoms with Crippen molar-refractivity contribution in [3.05, 3.63) is 35.2 Å². The van der Waals surface area contributed by atoms with E-state index in [1.165, 1.54) is 30.4 Å². The van der Waals surface area contributed by atoms with Crippen LogP contribution in [0.1, 0.15) is 30.3 Å². The number of fused-ring (bicyclic) bond motifs is 1. The molecule has 1 aliphatic rings. The van der Waals surface area contributed by atoms with Crippen LogP contribution in [0.25, 0.3) is 5.69 Å². The van der Waals surface area contributed by atoms with E-state index in [0.29, 0.717) is 6.54 Å². The summed E-state index contributed by atoms with van der Waals surface area (Å²) in [4.78, 5) is 0. The maximum Gasteiger partial charge on any atom is 0.170 e. The monoisotopic (exact) mass is 243 g/mol. The van der Waals surface area contributed by atoms with Crippen LogP contribution < -0.4 is 5.32 Å². The minimum atomic E-state index is 0.695. The highest BCUT2D eigenvalue weighted by Crippen LogP contribution is 2.24. The minimum absolute atomic E-state index is 0.695. The lowest BCUT2D eigenvalue weighted by Crippen LogP contribution is -2.16. The van der Waals surface area contributed by atoms with Gasteiger partial charge in [-0.1, -0.05) is 13.0 Å². The zero-order valence-electron chi connectivity index (χ0n) is 10.6. The third-order valence-corrected chi connectivity index (χ3v) is 3.39. The fourth-order valence-electron chi connectivity index (χ4n) is 2.44. The molecule has 5 heteroatoms. The molecule has 1 heterocycles. The Hall–Kier alpha value is -1.75. The second-order valence-electron chi connectivity index (χ2n) is 4.59. The van der Waals surface area contributed by atoms with Crippen LogP contribution in [-0.2, 0) is 19.4 Å². The Morgan fingerprint density at radius 3 is 3.06 bits per heavy atom. The van der Waals surface area contributed by atoms with Crippen LogP contribution in [0.5, 0.6) is 0 Å². The van der Waals surface area contributed by atoms with Gasteiger partial charge in [-0.25, -0.2) is 0 Å². The minimum Gasteiger partial charge on any atom is -0.310 e. The summed E-state index contributed by atoms with van der Waals surface area (Å²) >= 11 is 0. The molecule has 0 radical (unpaired) electrons. The largest absolute Gasteiger partial charge is 0.310 e. The molecule has 3 rings (SSSR count). The lowest BCUT2D eigenvalue weighted by Gasteiger charge is -2.07. The average molecular weight is 243 g/mol. The zero-order valence-corrected chi connectivity index (χ0v) is 10.6. The van der Waals surface area contributed by atoms with E-state index in [9.17, 15) is 0 Å². The number of benzene rings is 1. The molecule has 94 valence electrons. The lowest BCUT2D eigenvalue weighted by atomic mass is 10.1. The van der Waals surface area contributed by atoms with Gasteiger partial charge in [-0.15, -0.1) is 5.10 Å². The van der Waals surface area contributed by atoms with Crippen molar-refractivity contribution in [2.24, 2.45) is 0 Å². The Morgan fingerprint density at radius 2 is 2.17 bits per heavy atom. The molecular weight excluding hydrogens is 226 g/mol. The first-order chi connectivity index (χ1) is 8.88. The van der Waals surface area contributed by atoms with Crippen molar-refractivity contribution in [1.82, 2.24) is 25.5 Å². The Bertz CT molecular complexity index is 546. The van der Waals surface area contributed by atoms with Gasteiger partial charge >= 0.3 is 0 Å². The summed E-state index contributed by atoms with van der Waals surface area (Å²) in [5.41, 5.74) is 3.98. The summed E-state index contributed by atoms with van der Waals surface area (Å²) in [7, 11) is 0. The van der Waals surface area contributed by atoms with Gasteiger partial charge in [0.2, 0.25) is 0 Å². The summed E-state index contributed by atoms with van der Waals surface area (Å²) in [5.74, 6) is 0.856. The summed E-state index contributed by atoms with van der Waals surface area (Å²) in [6.07, 6.45) is 3.64. The van der Waals surface area contributed by atoms with Gasteiger partial charge in [-0.3, -0.25) is 0 Å². The van der Waals surface area contributed by atoms with Crippen molar-refractivity contribution in [2.45, 2.75) is 32.7 Å². The van der Waals surface area contributed by atoms with Gasteiger partial charge in [0, 0.05) is 0 Å². The molecule has 0 aliphatic heterocycles. The predicted molar refractivity (Wildman–Crippen MR) is 68.6 cm³/mol. The molecule has 0 saturated carbocycles. The third kappa shape index (κ3) is 2.01. The molecular formula is C13H17N5. The second kappa shape index (κ2) is 4.86. The van der Waals surface area contributed by atoms with Crippen LogP contribution in [0.15, 0.2) is 18.2 Å². The van der Waals surface area contributed by atoms with Gasteiger partial charge in [-0.05, 0) is 59.5 Å². The van der Waals surface area contributed by atoms with Crippen molar-refractivity contribution < 1.29 is 0 Å². The molecule has 0 amide bonds. The van der Waals surface area contributed by atoms with E-state index in [-0.39, 0.29) is 0 Å². The number of rotatable bonds is 4. The fourth-order valence-corrected chi connectivity index (χ4v) is 2.44. The van der Waals surface area contributed by atoms with Crippen LogP contribution in [0.2, 0.25) is 0 Å². The number of aromatic nitrogens is 4. The van der Waals surface area contributed by atoms with Crippen molar-refractivity contribution >= 4 is 0 Å². The topological polar surface area (TPSA) is 55.6 Å². The van der Waals surface area contributed by atoms with Crippen molar-refractivity contribution in [3.8, 4) is 5.69 Å². The first-order valence-corrected chi connectivity index (χ1v) is 6.48. The Labute approximate surface area is 106 Å². The first-order valence-electron chi connectivity index (χ1n) is 6.48. The molecule has 1 aromatic carbocycles. The van der Waals surface area contributed by atoms with Crippen LogP contribution in [0, 0.1) is 0 Å². The molecule has 18 heavy (non-hydrogen) atoms. The standard InChI is InChI=1S/C13H17N5/c1-2-14-9-13-15-16-17-18(13)12-7-6-10-4-3-5-11(10)8-12/h6-8,14H,2-5,9H2,1H3. The highest BCUT2D eigenvalue weighted by Gasteiger charge is 2.13. The van der Waals surface area contributed by atoms with Gasteiger partial charge in [-0.2, -0.15) is 4.68 Å². The SMILES string of the molecule is CCNCc1nnnn1-c1ccc2c(c1)CCC2. The number of hydrogen-bond acceptors (Lipinski definition) is 4. The average Bonchev–Trinajstić information content (AvgIpc) is 3.03.